The van der Waals surface area contributed by atoms with E-state index in [0.29, 0.717) is 11.4 Å². The Morgan fingerprint density at radius 1 is 1.00 bits per heavy atom. The van der Waals surface area contributed by atoms with Crippen LogP contribution in [0.2, 0.25) is 0 Å². The highest BCUT2D eigenvalue weighted by Gasteiger charge is 2.22. The van der Waals surface area contributed by atoms with Crippen molar-refractivity contribution in [1.29, 1.82) is 0 Å². The van der Waals surface area contributed by atoms with Gasteiger partial charge in [0, 0.05) is 35.4 Å². The molecule has 0 unspecified atom stereocenters. The summed E-state index contributed by atoms with van der Waals surface area (Å²) < 4.78 is 35.8. The summed E-state index contributed by atoms with van der Waals surface area (Å²) in [5.41, 5.74) is 3.25. The Morgan fingerprint density at radius 2 is 1.75 bits per heavy atom. The maximum atomic E-state index is 13.1. The predicted molar refractivity (Wildman–Crippen MR) is 126 cm³/mol. The van der Waals surface area contributed by atoms with Gasteiger partial charge in [-0.05, 0) is 55.5 Å². The lowest BCUT2D eigenvalue weighted by atomic mass is 10.1. The molecule has 0 aliphatic rings. The van der Waals surface area contributed by atoms with Gasteiger partial charge in [0.1, 0.15) is 10.6 Å². The number of rotatable bonds is 6. The minimum Gasteiger partial charge on any atom is -0.495 e. The van der Waals surface area contributed by atoms with Crippen molar-refractivity contribution in [3.8, 4) is 5.75 Å². The molecule has 1 heterocycles. The second kappa shape index (κ2) is 8.39. The Kier molecular flexibility index (Phi) is 5.63. The quantitative estimate of drug-likeness (QED) is 0.452. The van der Waals surface area contributed by atoms with E-state index < -0.39 is 15.9 Å². The van der Waals surface area contributed by atoms with Crippen LogP contribution < -0.4 is 14.8 Å². The van der Waals surface area contributed by atoms with Crippen molar-refractivity contribution in [2.75, 3.05) is 17.1 Å². The second-order valence-corrected chi connectivity index (χ2v) is 9.11. The number of carbonyl (C=O) groups is 1. The number of carbonyl (C=O) groups excluding carboxylic acids is 1. The van der Waals surface area contributed by atoms with Gasteiger partial charge in [0.05, 0.1) is 12.8 Å². The highest BCUT2D eigenvalue weighted by molar-refractivity contribution is 7.92. The first kappa shape index (κ1) is 21.5. The van der Waals surface area contributed by atoms with Crippen molar-refractivity contribution in [3.63, 3.8) is 0 Å². The van der Waals surface area contributed by atoms with Crippen LogP contribution in [0.15, 0.2) is 77.8 Å². The summed E-state index contributed by atoms with van der Waals surface area (Å²) in [4.78, 5) is 12.8. The number of amides is 1. The molecular weight excluding hydrogens is 426 g/mol. The van der Waals surface area contributed by atoms with Gasteiger partial charge in [0.15, 0.2) is 0 Å². The first-order valence-electron chi connectivity index (χ1n) is 9.91. The van der Waals surface area contributed by atoms with Gasteiger partial charge in [-0.2, -0.15) is 0 Å². The fourth-order valence-corrected chi connectivity index (χ4v) is 4.72. The molecule has 1 amide bonds. The van der Waals surface area contributed by atoms with Crippen LogP contribution in [0.3, 0.4) is 0 Å². The van der Waals surface area contributed by atoms with Gasteiger partial charge in [0.25, 0.3) is 15.9 Å². The zero-order chi connectivity index (χ0) is 22.9. The average Bonchev–Trinajstić information content (AvgIpc) is 3.16. The molecule has 3 aromatic carbocycles. The molecule has 1 aromatic heterocycles. The molecule has 0 saturated carbocycles. The molecule has 32 heavy (non-hydrogen) atoms. The number of sulfonamides is 1. The molecule has 0 spiro atoms. The highest BCUT2D eigenvalue weighted by Crippen LogP contribution is 2.29. The van der Waals surface area contributed by atoms with E-state index in [2.05, 4.69) is 10.0 Å². The topological polar surface area (TPSA) is 89.4 Å². The third-order valence-corrected chi connectivity index (χ3v) is 6.60. The molecule has 7 nitrogen and oxygen atoms in total. The molecule has 164 valence electrons. The summed E-state index contributed by atoms with van der Waals surface area (Å²) in [6.07, 6.45) is 1.91. The molecule has 0 atom stereocenters. The van der Waals surface area contributed by atoms with Crippen molar-refractivity contribution in [1.82, 2.24) is 4.57 Å². The van der Waals surface area contributed by atoms with E-state index in [9.17, 15) is 13.2 Å². The fourth-order valence-electron chi connectivity index (χ4n) is 3.47. The van der Waals surface area contributed by atoms with Gasteiger partial charge in [-0.1, -0.05) is 23.8 Å². The summed E-state index contributed by atoms with van der Waals surface area (Å²) in [5, 5.41) is 3.77. The number of ether oxygens (including phenoxy) is 1. The molecule has 0 saturated heterocycles. The zero-order valence-electron chi connectivity index (χ0n) is 17.9. The van der Waals surface area contributed by atoms with Crippen molar-refractivity contribution < 1.29 is 17.9 Å². The van der Waals surface area contributed by atoms with Crippen LogP contribution in [0.1, 0.15) is 15.9 Å². The van der Waals surface area contributed by atoms with Gasteiger partial charge in [-0.15, -0.1) is 0 Å². The van der Waals surface area contributed by atoms with E-state index in [-0.39, 0.29) is 16.2 Å². The van der Waals surface area contributed by atoms with Crippen LogP contribution in [0, 0.1) is 6.92 Å². The average molecular weight is 450 g/mol. The first-order valence-corrected chi connectivity index (χ1v) is 11.4. The van der Waals surface area contributed by atoms with E-state index >= 15 is 0 Å². The Hall–Kier alpha value is -3.78. The molecule has 0 aliphatic heterocycles. The summed E-state index contributed by atoms with van der Waals surface area (Å²) in [5.74, 6) is -0.276. The van der Waals surface area contributed by atoms with Crippen molar-refractivity contribution >= 4 is 38.2 Å². The van der Waals surface area contributed by atoms with Gasteiger partial charge < -0.3 is 14.6 Å². The lowest BCUT2D eigenvalue weighted by Crippen LogP contribution is -2.17. The molecule has 0 bridgehead atoms. The number of benzene rings is 3. The van der Waals surface area contributed by atoms with Crippen LogP contribution >= 0.6 is 0 Å². The normalized spacial score (nSPS) is 11.3. The smallest absolute Gasteiger partial charge is 0.265 e. The molecule has 8 heteroatoms. The van der Waals surface area contributed by atoms with E-state index in [1.165, 1.54) is 25.3 Å². The summed E-state index contributed by atoms with van der Waals surface area (Å²) in [6, 6.07) is 18.8. The Labute approximate surface area is 186 Å². The number of aromatic nitrogens is 1. The molecule has 4 rings (SSSR count). The monoisotopic (exact) mass is 449 g/mol. The van der Waals surface area contributed by atoms with Crippen molar-refractivity contribution in [2.45, 2.75) is 11.8 Å². The van der Waals surface area contributed by atoms with Crippen LogP contribution in [0.25, 0.3) is 10.9 Å². The van der Waals surface area contributed by atoms with Gasteiger partial charge in [-0.25, -0.2) is 8.42 Å². The van der Waals surface area contributed by atoms with E-state index in [0.717, 1.165) is 16.5 Å². The molecule has 4 aromatic rings. The number of methoxy groups -OCH3 is 1. The lowest BCUT2D eigenvalue weighted by Gasteiger charge is -2.14. The number of aryl methyl sites for hydroxylation is 2. The largest absolute Gasteiger partial charge is 0.495 e. The minimum atomic E-state index is -3.99. The lowest BCUT2D eigenvalue weighted by molar-refractivity contribution is 0.102. The van der Waals surface area contributed by atoms with Crippen LogP contribution in [-0.4, -0.2) is 26.0 Å². The highest BCUT2D eigenvalue weighted by atomic mass is 32.2. The molecule has 0 fully saturated rings. The Morgan fingerprint density at radius 3 is 2.47 bits per heavy atom. The second-order valence-electron chi connectivity index (χ2n) is 7.46. The van der Waals surface area contributed by atoms with Gasteiger partial charge in [0.2, 0.25) is 0 Å². The van der Waals surface area contributed by atoms with E-state index in [1.54, 1.807) is 18.2 Å². The van der Waals surface area contributed by atoms with Gasteiger partial charge in [-0.3, -0.25) is 9.52 Å². The Bertz CT molecular complexity index is 1410. The predicted octanol–water partition coefficient (Wildman–Crippen LogP) is 4.55. The number of nitrogens with one attached hydrogen (secondary N) is 2. The maximum Gasteiger partial charge on any atom is 0.265 e. The summed E-state index contributed by atoms with van der Waals surface area (Å²) in [7, 11) is -0.676. The number of fused-ring (bicyclic) bond motifs is 1. The zero-order valence-corrected chi connectivity index (χ0v) is 18.7. The molecular formula is C24H23N3O4S. The third-order valence-electron chi connectivity index (χ3n) is 5.20. The summed E-state index contributed by atoms with van der Waals surface area (Å²) >= 11 is 0. The summed E-state index contributed by atoms with van der Waals surface area (Å²) in [6.45, 7) is 1.92. The van der Waals surface area contributed by atoms with Crippen molar-refractivity contribution in [2.24, 2.45) is 7.05 Å². The SMILES string of the molecule is COc1ccc(C(=O)Nc2cccc3c2ccn3C)cc1S(=O)(=O)Nc1ccc(C)cc1. The maximum absolute atomic E-state index is 13.1. The van der Waals surface area contributed by atoms with Crippen LogP contribution in [0.4, 0.5) is 11.4 Å². The fraction of sp³-hybridized carbons (Fsp3) is 0.125. The van der Waals surface area contributed by atoms with Crippen LogP contribution in [0.5, 0.6) is 5.75 Å². The Balaban J connectivity index is 1.66. The van der Waals surface area contributed by atoms with Crippen LogP contribution in [-0.2, 0) is 17.1 Å². The van der Waals surface area contributed by atoms with E-state index in [4.69, 9.17) is 4.74 Å². The number of anilines is 2. The third kappa shape index (κ3) is 4.17. The van der Waals surface area contributed by atoms with E-state index in [1.807, 2.05) is 55.1 Å². The van der Waals surface area contributed by atoms with Crippen molar-refractivity contribution in [3.05, 3.63) is 84.1 Å². The van der Waals surface area contributed by atoms with Gasteiger partial charge >= 0.3 is 0 Å². The number of hydrogen-bond donors (Lipinski definition) is 2. The number of nitrogens with zero attached hydrogens (tertiary/aromatic N) is 1. The molecule has 0 aliphatic carbocycles. The first-order chi connectivity index (χ1) is 15.3. The molecule has 2 N–H and O–H groups in total. The standard InChI is InChI=1S/C24H23N3O4S/c1-16-7-10-18(11-8-16)26-32(29,30)23-15-17(9-12-22(23)31-3)24(28)25-20-5-4-6-21-19(20)13-14-27(21)2/h4-15,26H,1-3H3,(H,25,28). The number of hydrogen-bond acceptors (Lipinski definition) is 4. The molecule has 0 radical (unpaired) electrons. The minimum absolute atomic E-state index is 0.119.